The van der Waals surface area contributed by atoms with Crippen molar-refractivity contribution in [2.24, 2.45) is 0 Å². The van der Waals surface area contributed by atoms with Gasteiger partial charge in [-0.15, -0.1) is 0 Å². The molecule has 0 aliphatic heterocycles. The molecule has 32 valence electrons. The maximum absolute atomic E-state index is 8.20. The molecule has 0 aromatic heterocycles. The number of hydrogen-bond donors (Lipinski definition) is 1. The molecule has 0 rings (SSSR count). The van der Waals surface area contributed by atoms with Crippen molar-refractivity contribution in [2.45, 2.75) is 0 Å². The van der Waals surface area contributed by atoms with Gasteiger partial charge >= 0.3 is 0 Å². The van der Waals surface area contributed by atoms with Crippen LogP contribution in [0.4, 0.5) is 0 Å². The van der Waals surface area contributed by atoms with E-state index in [9.17, 15) is 0 Å². The maximum Gasteiger partial charge on any atom is 0.164 e. The Morgan fingerprint density at radius 1 is 1.80 bits per heavy atom. The molecule has 0 amide bonds. The highest BCUT2D eigenvalue weighted by atomic mass is 31.2. The first-order valence-corrected chi connectivity index (χ1v) is 2.90. The maximum atomic E-state index is 8.20. The summed E-state index contributed by atoms with van der Waals surface area (Å²) in [6, 6.07) is 0. The van der Waals surface area contributed by atoms with Gasteiger partial charge in [0.15, 0.2) is 8.38 Å². The summed E-state index contributed by atoms with van der Waals surface area (Å²) in [6.45, 7) is 1.62. The van der Waals surface area contributed by atoms with Crippen LogP contribution in [0.25, 0.3) is 0 Å². The zero-order valence-electron chi connectivity index (χ0n) is 3.30. The monoisotopic (exact) mass is 94.0 g/mol. The third-order valence-corrected chi connectivity index (χ3v) is 0.793. The van der Waals surface area contributed by atoms with Crippen molar-refractivity contribution >= 4 is 8.38 Å². The molecule has 0 bridgehead atoms. The van der Waals surface area contributed by atoms with Crippen LogP contribution in [0.3, 0.4) is 0 Å². The van der Waals surface area contributed by atoms with Crippen molar-refractivity contribution < 1.29 is 9.42 Å². The summed E-state index contributed by atoms with van der Waals surface area (Å²) in [7, 11) is 0.380. The van der Waals surface area contributed by atoms with Gasteiger partial charge in [-0.05, 0) is 0 Å². The first-order valence-electron chi connectivity index (χ1n) is 1.24. The zero-order valence-corrected chi connectivity index (χ0v) is 4.20. The molecule has 0 aromatic carbocycles. The van der Waals surface area contributed by atoms with Crippen LogP contribution < -0.4 is 0 Å². The molecule has 0 unspecified atom stereocenters. The predicted octanol–water partition coefficient (Wildman–Crippen LogP) is 0.567. The number of hydrogen-bond acceptors (Lipinski definition) is 2. The highest BCUT2D eigenvalue weighted by Gasteiger charge is 1.81. The van der Waals surface area contributed by atoms with Crippen LogP contribution in [-0.4, -0.2) is 18.7 Å². The van der Waals surface area contributed by atoms with E-state index >= 15 is 0 Å². The average Bonchev–Trinajstić information content (AvgIpc) is 1.38. The molecule has 5 heavy (non-hydrogen) atoms. The second-order valence-electron chi connectivity index (χ2n) is 0.647. The normalized spacial score (nSPS) is 15.0. The summed E-state index contributed by atoms with van der Waals surface area (Å²) in [4.78, 5) is 8.20. The summed E-state index contributed by atoms with van der Waals surface area (Å²) >= 11 is 0. The van der Waals surface area contributed by atoms with Gasteiger partial charge in [0.1, 0.15) is 0 Å². The van der Waals surface area contributed by atoms with Crippen LogP contribution in [0.5, 0.6) is 0 Å². The zero-order chi connectivity index (χ0) is 4.28. The van der Waals surface area contributed by atoms with Gasteiger partial charge in [-0.1, -0.05) is 0 Å². The Labute approximate surface area is 32.7 Å². The van der Waals surface area contributed by atoms with Crippen LogP contribution in [0.15, 0.2) is 0 Å². The van der Waals surface area contributed by atoms with Gasteiger partial charge < -0.3 is 9.42 Å². The fourth-order valence-electron chi connectivity index (χ4n) is 0. The lowest BCUT2D eigenvalue weighted by Crippen LogP contribution is -1.66. The molecule has 1 N–H and O–H groups in total. The minimum Gasteiger partial charge on any atom is -0.350 e. The van der Waals surface area contributed by atoms with Gasteiger partial charge in [-0.25, -0.2) is 0 Å². The van der Waals surface area contributed by atoms with Crippen LogP contribution in [0.2, 0.25) is 0 Å². The minimum absolute atomic E-state index is 1.10. The average molecular weight is 94.0 g/mol. The second-order valence-corrected chi connectivity index (χ2v) is 1.94. The fourth-order valence-corrected chi connectivity index (χ4v) is 0. The molecule has 0 aliphatic rings. The minimum atomic E-state index is -1.10. The lowest BCUT2D eigenvalue weighted by Gasteiger charge is -1.92. The molecule has 0 heterocycles. The van der Waals surface area contributed by atoms with Gasteiger partial charge in [-0.2, -0.15) is 0 Å². The van der Waals surface area contributed by atoms with Gasteiger partial charge in [0.05, 0.1) is 0 Å². The Bertz CT molecular complexity index is 21.6. The van der Waals surface area contributed by atoms with Crippen molar-refractivity contribution in [2.75, 3.05) is 13.8 Å². The molecular weight excluding hydrogens is 87.0 g/mol. The van der Waals surface area contributed by atoms with Gasteiger partial charge in [-0.3, -0.25) is 0 Å². The molecule has 0 aliphatic carbocycles. The summed E-state index contributed by atoms with van der Waals surface area (Å²) in [5.74, 6) is 0. The standard InChI is InChI=1S/C2H7O2P/c1-4-5(2)3/h3H,1-2H3/t5-/m0/s1. The van der Waals surface area contributed by atoms with E-state index in [0.29, 0.717) is 0 Å². The summed E-state index contributed by atoms with van der Waals surface area (Å²) in [6.07, 6.45) is 0. The first-order chi connectivity index (χ1) is 2.27. The fraction of sp³-hybridized carbons (Fsp3) is 1.00. The highest BCUT2D eigenvalue weighted by molar-refractivity contribution is 7.45. The Balaban J connectivity index is 2.54. The molecule has 3 heteroatoms. The predicted molar refractivity (Wildman–Crippen MR) is 22.1 cm³/mol. The van der Waals surface area contributed by atoms with Crippen molar-refractivity contribution in [3.05, 3.63) is 0 Å². The lowest BCUT2D eigenvalue weighted by atomic mass is 11.8. The lowest BCUT2D eigenvalue weighted by molar-refractivity contribution is 0.396. The summed E-state index contributed by atoms with van der Waals surface area (Å²) in [5, 5.41) is 0. The Hall–Kier alpha value is 0.350. The van der Waals surface area contributed by atoms with Crippen molar-refractivity contribution in [3.63, 3.8) is 0 Å². The summed E-state index contributed by atoms with van der Waals surface area (Å²) in [5.41, 5.74) is 0. The van der Waals surface area contributed by atoms with Gasteiger partial charge in [0.25, 0.3) is 0 Å². The van der Waals surface area contributed by atoms with E-state index in [4.69, 9.17) is 4.89 Å². The smallest absolute Gasteiger partial charge is 0.164 e. The van der Waals surface area contributed by atoms with E-state index in [1.807, 2.05) is 0 Å². The molecule has 0 spiro atoms. The van der Waals surface area contributed by atoms with E-state index in [2.05, 4.69) is 4.52 Å². The Kier molecular flexibility index (Phi) is 2.76. The number of rotatable bonds is 1. The summed E-state index contributed by atoms with van der Waals surface area (Å²) < 4.78 is 4.37. The largest absolute Gasteiger partial charge is 0.350 e. The van der Waals surface area contributed by atoms with Crippen LogP contribution in [0.1, 0.15) is 0 Å². The van der Waals surface area contributed by atoms with Crippen LogP contribution >= 0.6 is 8.38 Å². The SMILES string of the molecule is CO[P@@](C)O. The topological polar surface area (TPSA) is 29.5 Å². The molecule has 0 fully saturated rings. The van der Waals surface area contributed by atoms with Crippen molar-refractivity contribution in [3.8, 4) is 0 Å². The molecule has 0 radical (unpaired) electrons. The quantitative estimate of drug-likeness (QED) is 0.481. The molecule has 1 atom stereocenters. The van der Waals surface area contributed by atoms with Crippen molar-refractivity contribution in [1.29, 1.82) is 0 Å². The second kappa shape index (κ2) is 2.58. The van der Waals surface area contributed by atoms with E-state index in [1.54, 1.807) is 6.66 Å². The molecular formula is C2H7O2P. The third kappa shape index (κ3) is 4.35. The van der Waals surface area contributed by atoms with Gasteiger partial charge in [0, 0.05) is 13.8 Å². The Morgan fingerprint density at radius 3 is 2.00 bits per heavy atom. The van der Waals surface area contributed by atoms with E-state index in [-0.39, 0.29) is 0 Å². The van der Waals surface area contributed by atoms with E-state index in [0.717, 1.165) is 0 Å². The van der Waals surface area contributed by atoms with E-state index in [1.165, 1.54) is 7.11 Å². The van der Waals surface area contributed by atoms with Crippen LogP contribution in [-0.2, 0) is 4.52 Å². The molecule has 2 nitrogen and oxygen atoms in total. The third-order valence-electron chi connectivity index (χ3n) is 0.264. The highest BCUT2D eigenvalue weighted by Crippen LogP contribution is 2.21. The molecule has 0 saturated carbocycles. The first kappa shape index (κ1) is 5.35. The van der Waals surface area contributed by atoms with Gasteiger partial charge in [0.2, 0.25) is 0 Å². The molecule has 0 saturated heterocycles. The van der Waals surface area contributed by atoms with Crippen LogP contribution in [0, 0.1) is 0 Å². The Morgan fingerprint density at radius 2 is 2.00 bits per heavy atom. The molecule has 0 aromatic rings. The van der Waals surface area contributed by atoms with Crippen molar-refractivity contribution in [1.82, 2.24) is 0 Å². The van der Waals surface area contributed by atoms with E-state index < -0.39 is 8.38 Å².